The summed E-state index contributed by atoms with van der Waals surface area (Å²) in [6.45, 7) is 2.55. The van der Waals surface area contributed by atoms with E-state index in [2.05, 4.69) is 28.5 Å². The van der Waals surface area contributed by atoms with Gasteiger partial charge in [0.15, 0.2) is 5.82 Å². The Kier molecular flexibility index (Phi) is 5.00. The molecule has 1 amide bonds. The van der Waals surface area contributed by atoms with Crippen molar-refractivity contribution in [1.29, 1.82) is 0 Å². The van der Waals surface area contributed by atoms with E-state index in [1.165, 1.54) is 5.56 Å². The van der Waals surface area contributed by atoms with E-state index in [9.17, 15) is 4.79 Å². The van der Waals surface area contributed by atoms with E-state index < -0.39 is 0 Å². The number of halogens is 1. The Labute approximate surface area is 167 Å². The van der Waals surface area contributed by atoms with Gasteiger partial charge in [-0.05, 0) is 48.4 Å². The average Bonchev–Trinajstić information content (AvgIpc) is 3.09. The lowest BCUT2D eigenvalue weighted by atomic mass is 10.1. The maximum absolute atomic E-state index is 12.4. The van der Waals surface area contributed by atoms with Crippen LogP contribution in [-0.2, 0) is 6.61 Å². The highest BCUT2D eigenvalue weighted by atomic mass is 35.5. The molecule has 0 saturated carbocycles. The van der Waals surface area contributed by atoms with Crippen molar-refractivity contribution in [2.75, 3.05) is 5.32 Å². The fraction of sp³-hybridized carbons (Fsp3) is 0.0909. The van der Waals surface area contributed by atoms with E-state index in [0.717, 1.165) is 22.2 Å². The summed E-state index contributed by atoms with van der Waals surface area (Å²) in [5.41, 5.74) is 3.59. The minimum atomic E-state index is -0.268. The second-order valence-corrected chi connectivity index (χ2v) is 6.90. The Morgan fingerprint density at radius 3 is 2.79 bits per heavy atom. The summed E-state index contributed by atoms with van der Waals surface area (Å²) in [6.07, 6.45) is 0. The van der Waals surface area contributed by atoms with Crippen LogP contribution in [0.2, 0.25) is 5.02 Å². The third-order valence-corrected chi connectivity index (χ3v) is 4.74. The topological polar surface area (TPSA) is 67.0 Å². The van der Waals surface area contributed by atoms with Gasteiger partial charge < -0.3 is 10.1 Å². The van der Waals surface area contributed by atoms with Crippen molar-refractivity contribution in [2.45, 2.75) is 13.5 Å². The number of nitrogens with one attached hydrogen (secondary N) is 2. The lowest BCUT2D eigenvalue weighted by molar-refractivity contribution is 0.102. The summed E-state index contributed by atoms with van der Waals surface area (Å²) in [5, 5.41) is 11.3. The zero-order valence-electron chi connectivity index (χ0n) is 15.2. The van der Waals surface area contributed by atoms with Gasteiger partial charge >= 0.3 is 0 Å². The van der Waals surface area contributed by atoms with Crippen molar-refractivity contribution in [3.63, 3.8) is 0 Å². The Hall–Kier alpha value is -3.31. The summed E-state index contributed by atoms with van der Waals surface area (Å²) in [6, 6.07) is 20.5. The number of amides is 1. The van der Waals surface area contributed by atoms with Crippen LogP contribution in [0.15, 0.2) is 66.7 Å². The Balaban J connectivity index is 1.50. The van der Waals surface area contributed by atoms with Gasteiger partial charge in [-0.1, -0.05) is 41.9 Å². The summed E-state index contributed by atoms with van der Waals surface area (Å²) in [5.74, 6) is 0.924. The number of fused-ring (bicyclic) bond motifs is 1. The fourth-order valence-corrected chi connectivity index (χ4v) is 3.12. The highest BCUT2D eigenvalue weighted by Gasteiger charge is 2.12. The van der Waals surface area contributed by atoms with E-state index in [0.29, 0.717) is 23.0 Å². The number of ether oxygens (including phenoxy) is 1. The maximum atomic E-state index is 12.4. The van der Waals surface area contributed by atoms with E-state index in [-0.39, 0.29) is 5.91 Å². The Morgan fingerprint density at radius 1 is 1.11 bits per heavy atom. The second-order valence-electron chi connectivity index (χ2n) is 6.46. The van der Waals surface area contributed by atoms with Crippen molar-refractivity contribution >= 4 is 34.2 Å². The number of nitrogens with zero attached hydrogens (tertiary/aromatic N) is 1. The maximum Gasteiger partial charge on any atom is 0.256 e. The minimum absolute atomic E-state index is 0.268. The SMILES string of the molecule is Cc1ccccc1COc1ccc2c(NC(=O)c3cccc(Cl)c3)n[nH]c2c1. The molecule has 28 heavy (non-hydrogen) atoms. The quantitative estimate of drug-likeness (QED) is 0.481. The number of carbonyl (C=O) groups excluding carboxylic acids is 1. The third-order valence-electron chi connectivity index (χ3n) is 4.51. The highest BCUT2D eigenvalue weighted by Crippen LogP contribution is 2.26. The predicted octanol–water partition coefficient (Wildman–Crippen LogP) is 5.36. The number of anilines is 1. The zero-order chi connectivity index (χ0) is 19.5. The fourth-order valence-electron chi connectivity index (χ4n) is 2.93. The second kappa shape index (κ2) is 7.74. The van der Waals surface area contributed by atoms with Crippen LogP contribution in [0.3, 0.4) is 0 Å². The first-order valence-electron chi connectivity index (χ1n) is 8.82. The molecule has 1 aromatic heterocycles. The molecule has 0 unspecified atom stereocenters. The van der Waals surface area contributed by atoms with Gasteiger partial charge in [-0.15, -0.1) is 0 Å². The van der Waals surface area contributed by atoms with Crippen LogP contribution in [-0.4, -0.2) is 16.1 Å². The predicted molar refractivity (Wildman–Crippen MR) is 111 cm³/mol. The van der Waals surface area contributed by atoms with Gasteiger partial charge in [-0.3, -0.25) is 9.89 Å². The van der Waals surface area contributed by atoms with Crippen molar-refractivity contribution in [3.8, 4) is 5.75 Å². The summed E-state index contributed by atoms with van der Waals surface area (Å²) < 4.78 is 5.90. The van der Waals surface area contributed by atoms with Crippen molar-refractivity contribution in [1.82, 2.24) is 10.2 Å². The first-order valence-corrected chi connectivity index (χ1v) is 9.20. The smallest absolute Gasteiger partial charge is 0.256 e. The van der Waals surface area contributed by atoms with Crippen LogP contribution in [0.5, 0.6) is 5.75 Å². The first kappa shape index (κ1) is 18.1. The molecule has 0 spiro atoms. The molecule has 0 aliphatic heterocycles. The van der Waals surface area contributed by atoms with Crippen molar-refractivity contribution < 1.29 is 9.53 Å². The van der Waals surface area contributed by atoms with E-state index in [1.807, 2.05) is 36.4 Å². The van der Waals surface area contributed by atoms with Crippen LogP contribution in [0.1, 0.15) is 21.5 Å². The molecule has 5 nitrogen and oxygen atoms in total. The molecule has 1 heterocycles. The van der Waals surface area contributed by atoms with Crippen molar-refractivity contribution in [3.05, 3.63) is 88.4 Å². The molecule has 3 aromatic carbocycles. The molecule has 6 heteroatoms. The Morgan fingerprint density at radius 2 is 1.96 bits per heavy atom. The van der Waals surface area contributed by atoms with Crippen LogP contribution in [0, 0.1) is 6.92 Å². The number of carbonyl (C=O) groups is 1. The summed E-state index contributed by atoms with van der Waals surface area (Å²) >= 11 is 5.95. The lowest BCUT2D eigenvalue weighted by Crippen LogP contribution is -2.12. The molecule has 140 valence electrons. The normalized spacial score (nSPS) is 10.8. The zero-order valence-corrected chi connectivity index (χ0v) is 16.0. The molecule has 0 bridgehead atoms. The molecule has 0 radical (unpaired) electrons. The number of aryl methyl sites for hydroxylation is 1. The van der Waals surface area contributed by atoms with Gasteiger partial charge in [0.2, 0.25) is 0 Å². The lowest BCUT2D eigenvalue weighted by Gasteiger charge is -2.08. The molecular weight excluding hydrogens is 374 g/mol. The molecule has 4 rings (SSSR count). The van der Waals surface area contributed by atoms with Gasteiger partial charge in [0.05, 0.1) is 5.52 Å². The number of H-pyrrole nitrogens is 1. The van der Waals surface area contributed by atoms with Gasteiger partial charge in [-0.2, -0.15) is 5.10 Å². The molecule has 4 aromatic rings. The van der Waals surface area contributed by atoms with E-state index >= 15 is 0 Å². The monoisotopic (exact) mass is 391 g/mol. The molecular formula is C22H18ClN3O2. The number of hydrogen-bond acceptors (Lipinski definition) is 3. The standard InChI is InChI=1S/C22H18ClN3O2/c1-14-5-2-3-6-16(14)13-28-18-9-10-19-20(12-18)25-26-21(19)24-22(27)15-7-4-8-17(23)11-15/h2-12H,13H2,1H3,(H2,24,25,26,27). The highest BCUT2D eigenvalue weighted by molar-refractivity contribution is 6.31. The third kappa shape index (κ3) is 3.85. The number of benzene rings is 3. The molecule has 0 aliphatic rings. The van der Waals surface area contributed by atoms with Gasteiger partial charge in [-0.25, -0.2) is 0 Å². The van der Waals surface area contributed by atoms with Crippen LogP contribution >= 0.6 is 11.6 Å². The number of rotatable bonds is 5. The number of aromatic amines is 1. The summed E-state index contributed by atoms with van der Waals surface area (Å²) in [4.78, 5) is 12.4. The minimum Gasteiger partial charge on any atom is -0.489 e. The number of hydrogen-bond donors (Lipinski definition) is 2. The average molecular weight is 392 g/mol. The van der Waals surface area contributed by atoms with Crippen molar-refractivity contribution in [2.24, 2.45) is 0 Å². The van der Waals surface area contributed by atoms with Gasteiger partial charge in [0.1, 0.15) is 12.4 Å². The molecule has 0 fully saturated rings. The first-order chi connectivity index (χ1) is 13.6. The number of aromatic nitrogens is 2. The molecule has 0 atom stereocenters. The van der Waals surface area contributed by atoms with Crippen LogP contribution in [0.4, 0.5) is 5.82 Å². The van der Waals surface area contributed by atoms with Crippen LogP contribution in [0.25, 0.3) is 10.9 Å². The van der Waals surface area contributed by atoms with Gasteiger partial charge in [0.25, 0.3) is 5.91 Å². The molecule has 0 saturated heterocycles. The van der Waals surface area contributed by atoms with E-state index in [1.54, 1.807) is 24.3 Å². The largest absolute Gasteiger partial charge is 0.489 e. The molecule has 0 aliphatic carbocycles. The summed E-state index contributed by atoms with van der Waals surface area (Å²) in [7, 11) is 0. The van der Waals surface area contributed by atoms with E-state index in [4.69, 9.17) is 16.3 Å². The molecule has 2 N–H and O–H groups in total. The Bertz CT molecular complexity index is 1150. The van der Waals surface area contributed by atoms with Gasteiger partial charge in [0, 0.05) is 22.0 Å². The van der Waals surface area contributed by atoms with Crippen LogP contribution < -0.4 is 10.1 Å².